The van der Waals surface area contributed by atoms with E-state index >= 15 is 0 Å². The Bertz CT molecular complexity index is 463. The van der Waals surface area contributed by atoms with Crippen LogP contribution in [-0.2, 0) is 0 Å². The van der Waals surface area contributed by atoms with Gasteiger partial charge in [0.2, 0.25) is 0 Å². The average molecular weight is 306 g/mol. The second-order valence-electron chi connectivity index (χ2n) is 5.95. The highest BCUT2D eigenvalue weighted by molar-refractivity contribution is 7.80. The summed E-state index contributed by atoms with van der Waals surface area (Å²) < 4.78 is 0. The molecule has 1 atom stereocenters. The first-order valence-corrected chi connectivity index (χ1v) is 8.25. The average Bonchev–Trinajstić information content (AvgIpc) is 2.46. The number of hydrogen-bond donors (Lipinski definition) is 2. The van der Waals surface area contributed by atoms with Gasteiger partial charge in [0.05, 0.1) is 0 Å². The van der Waals surface area contributed by atoms with Gasteiger partial charge in [-0.2, -0.15) is 0 Å². The lowest BCUT2D eigenvalue weighted by molar-refractivity contribution is 0.182. The summed E-state index contributed by atoms with van der Waals surface area (Å²) in [5.74, 6) is 1.68. The van der Waals surface area contributed by atoms with Crippen molar-refractivity contribution in [1.82, 2.24) is 15.2 Å². The van der Waals surface area contributed by atoms with Crippen LogP contribution in [0.1, 0.15) is 31.7 Å². The highest BCUT2D eigenvalue weighted by Crippen LogP contribution is 2.15. The molecule has 0 amide bonds. The van der Waals surface area contributed by atoms with Crippen molar-refractivity contribution >= 4 is 23.1 Å². The Morgan fingerprint density at radius 3 is 3.14 bits per heavy atom. The molecule has 1 aromatic heterocycles. The van der Waals surface area contributed by atoms with E-state index in [-0.39, 0.29) is 0 Å². The number of thiocarbonyl (C=S) groups is 1. The van der Waals surface area contributed by atoms with E-state index in [9.17, 15) is 0 Å². The maximum absolute atomic E-state index is 5.31. The van der Waals surface area contributed by atoms with Crippen molar-refractivity contribution in [2.24, 2.45) is 5.92 Å². The van der Waals surface area contributed by atoms with Crippen molar-refractivity contribution in [3.63, 3.8) is 0 Å². The summed E-state index contributed by atoms with van der Waals surface area (Å²) in [6, 6.07) is 3.95. The van der Waals surface area contributed by atoms with Gasteiger partial charge < -0.3 is 15.5 Å². The Morgan fingerprint density at radius 1 is 1.52 bits per heavy atom. The molecule has 0 saturated carbocycles. The summed E-state index contributed by atoms with van der Waals surface area (Å²) in [6.07, 6.45) is 5.62. The van der Waals surface area contributed by atoms with Crippen LogP contribution in [0.3, 0.4) is 0 Å². The molecule has 1 aliphatic heterocycles. The Labute approximate surface area is 133 Å². The zero-order valence-corrected chi connectivity index (χ0v) is 13.9. The summed E-state index contributed by atoms with van der Waals surface area (Å²) in [5, 5.41) is 7.07. The Kier molecular flexibility index (Phi) is 6.39. The Balaban J connectivity index is 1.62. The maximum atomic E-state index is 5.31. The first kappa shape index (κ1) is 16.2. The summed E-state index contributed by atoms with van der Waals surface area (Å²) in [7, 11) is 0. The first-order chi connectivity index (χ1) is 10.1. The monoisotopic (exact) mass is 306 g/mol. The summed E-state index contributed by atoms with van der Waals surface area (Å²) >= 11 is 5.31. The molecule has 0 aromatic carbocycles. The molecule has 0 radical (unpaired) electrons. The zero-order valence-electron chi connectivity index (χ0n) is 13.1. The number of nitrogens with one attached hydrogen (secondary N) is 2. The second-order valence-corrected chi connectivity index (χ2v) is 6.36. The molecule has 0 aliphatic carbocycles. The summed E-state index contributed by atoms with van der Waals surface area (Å²) in [4.78, 5) is 6.85. The van der Waals surface area contributed by atoms with Crippen LogP contribution in [0.5, 0.6) is 0 Å². The quantitative estimate of drug-likeness (QED) is 0.646. The van der Waals surface area contributed by atoms with Gasteiger partial charge in [-0.15, -0.1) is 0 Å². The summed E-state index contributed by atoms with van der Waals surface area (Å²) in [6.45, 7) is 8.93. The van der Waals surface area contributed by atoms with E-state index in [0.717, 1.165) is 36.8 Å². The van der Waals surface area contributed by atoms with E-state index < -0.39 is 0 Å². The van der Waals surface area contributed by atoms with Crippen LogP contribution in [0.4, 0.5) is 5.82 Å². The highest BCUT2D eigenvalue weighted by atomic mass is 32.1. The number of hydrogen-bond acceptors (Lipinski definition) is 3. The number of pyridine rings is 1. The molecule has 2 rings (SSSR count). The van der Waals surface area contributed by atoms with Gasteiger partial charge in [-0.1, -0.05) is 13.0 Å². The van der Waals surface area contributed by atoms with E-state index in [1.807, 2.05) is 19.1 Å². The van der Waals surface area contributed by atoms with Gasteiger partial charge in [-0.05, 0) is 69.0 Å². The molecule has 0 unspecified atom stereocenters. The standard InChI is InChI=1S/C16H26N4S/c1-13-6-4-10-20(12-13)11-5-9-18-16(21)19-15-14(2)7-3-8-17-15/h3,7-8,13H,4-6,9-12H2,1-2H3,(H2,17,18,19,21)/t13-/m1/s1. The molecule has 1 saturated heterocycles. The SMILES string of the molecule is Cc1cccnc1NC(=S)NCCCN1CCC[C@@H](C)C1. The lowest BCUT2D eigenvalue weighted by atomic mass is 10.0. The number of likely N-dealkylation sites (tertiary alicyclic amines) is 1. The molecular formula is C16H26N4S. The molecule has 0 bridgehead atoms. The van der Waals surface area contributed by atoms with Crippen molar-refractivity contribution < 1.29 is 0 Å². The van der Waals surface area contributed by atoms with E-state index in [2.05, 4.69) is 27.4 Å². The Hall–Kier alpha value is -1.20. The smallest absolute Gasteiger partial charge is 0.171 e. The van der Waals surface area contributed by atoms with E-state index in [4.69, 9.17) is 12.2 Å². The molecular weight excluding hydrogens is 280 g/mol. The number of aryl methyl sites for hydroxylation is 1. The number of nitrogens with zero attached hydrogens (tertiary/aromatic N) is 2. The van der Waals surface area contributed by atoms with Gasteiger partial charge in [-0.3, -0.25) is 0 Å². The van der Waals surface area contributed by atoms with Gasteiger partial charge in [0.25, 0.3) is 0 Å². The van der Waals surface area contributed by atoms with Gasteiger partial charge in [0.15, 0.2) is 5.11 Å². The lowest BCUT2D eigenvalue weighted by Crippen LogP contribution is -2.37. The molecule has 4 nitrogen and oxygen atoms in total. The topological polar surface area (TPSA) is 40.2 Å². The minimum absolute atomic E-state index is 0.656. The molecule has 1 aliphatic rings. The fourth-order valence-electron chi connectivity index (χ4n) is 2.76. The minimum atomic E-state index is 0.656. The minimum Gasteiger partial charge on any atom is -0.362 e. The molecule has 1 fully saturated rings. The largest absolute Gasteiger partial charge is 0.362 e. The normalized spacial score (nSPS) is 19.2. The fourth-order valence-corrected chi connectivity index (χ4v) is 2.96. The van der Waals surface area contributed by atoms with Crippen LogP contribution in [0, 0.1) is 12.8 Å². The van der Waals surface area contributed by atoms with Crippen LogP contribution in [-0.4, -0.2) is 41.2 Å². The molecule has 2 heterocycles. The molecule has 2 N–H and O–H groups in total. The number of anilines is 1. The number of rotatable bonds is 5. The number of aromatic nitrogens is 1. The highest BCUT2D eigenvalue weighted by Gasteiger charge is 2.15. The van der Waals surface area contributed by atoms with Gasteiger partial charge >= 0.3 is 0 Å². The first-order valence-electron chi connectivity index (χ1n) is 7.84. The summed E-state index contributed by atoms with van der Waals surface area (Å²) in [5.41, 5.74) is 1.10. The van der Waals surface area contributed by atoms with E-state index in [0.29, 0.717) is 5.11 Å². The van der Waals surface area contributed by atoms with E-state index in [1.165, 1.54) is 25.9 Å². The third-order valence-corrected chi connectivity index (χ3v) is 4.17. The third kappa shape index (κ3) is 5.59. The van der Waals surface area contributed by atoms with Gasteiger partial charge in [-0.25, -0.2) is 4.98 Å². The van der Waals surface area contributed by atoms with Crippen LogP contribution in [0.25, 0.3) is 0 Å². The zero-order chi connectivity index (χ0) is 15.1. The Morgan fingerprint density at radius 2 is 2.38 bits per heavy atom. The van der Waals surface area contributed by atoms with Gasteiger partial charge in [0.1, 0.15) is 5.82 Å². The van der Waals surface area contributed by atoms with Crippen LogP contribution >= 0.6 is 12.2 Å². The molecule has 21 heavy (non-hydrogen) atoms. The van der Waals surface area contributed by atoms with Crippen molar-refractivity contribution in [1.29, 1.82) is 0 Å². The van der Waals surface area contributed by atoms with Crippen LogP contribution in [0.2, 0.25) is 0 Å². The molecule has 0 spiro atoms. The van der Waals surface area contributed by atoms with Crippen molar-refractivity contribution in [3.8, 4) is 0 Å². The lowest BCUT2D eigenvalue weighted by Gasteiger charge is -2.30. The van der Waals surface area contributed by atoms with Gasteiger partial charge in [0, 0.05) is 19.3 Å². The molecule has 5 heteroatoms. The second kappa shape index (κ2) is 8.29. The van der Waals surface area contributed by atoms with E-state index in [1.54, 1.807) is 6.20 Å². The van der Waals surface area contributed by atoms with Crippen LogP contribution < -0.4 is 10.6 Å². The molecule has 116 valence electrons. The van der Waals surface area contributed by atoms with Crippen molar-refractivity contribution in [3.05, 3.63) is 23.9 Å². The third-order valence-electron chi connectivity index (χ3n) is 3.92. The maximum Gasteiger partial charge on any atom is 0.171 e. The van der Waals surface area contributed by atoms with Crippen molar-refractivity contribution in [2.45, 2.75) is 33.1 Å². The predicted molar refractivity (Wildman–Crippen MR) is 92.7 cm³/mol. The molecule has 1 aromatic rings. The number of piperidine rings is 1. The predicted octanol–water partition coefficient (Wildman–Crippen LogP) is 2.80. The fraction of sp³-hybridized carbons (Fsp3) is 0.625. The van der Waals surface area contributed by atoms with Crippen LogP contribution in [0.15, 0.2) is 18.3 Å². The van der Waals surface area contributed by atoms with Crippen molar-refractivity contribution in [2.75, 3.05) is 31.5 Å².